The molecule has 10 heteroatoms. The van der Waals surface area contributed by atoms with Crippen LogP contribution in [0.2, 0.25) is 0 Å². The monoisotopic (exact) mass is 430 g/mol. The van der Waals surface area contributed by atoms with Gasteiger partial charge in [0.25, 0.3) is 5.91 Å². The fraction of sp³-hybridized carbons (Fsp3) is 0.200. The molecule has 0 spiro atoms. The molecular weight excluding hydrogens is 411 g/mol. The Labute approximate surface area is 175 Å². The highest BCUT2D eigenvalue weighted by atomic mass is 32.1. The Hall–Kier alpha value is -3.53. The van der Waals surface area contributed by atoms with E-state index in [0.717, 1.165) is 22.3 Å². The summed E-state index contributed by atoms with van der Waals surface area (Å²) in [4.78, 5) is 42.2. The van der Waals surface area contributed by atoms with Gasteiger partial charge in [-0.1, -0.05) is 12.1 Å². The van der Waals surface area contributed by atoms with Crippen molar-refractivity contribution in [3.8, 4) is 0 Å². The first-order chi connectivity index (χ1) is 14.3. The Kier molecular flexibility index (Phi) is 6.26. The fourth-order valence-corrected chi connectivity index (χ4v) is 3.61. The van der Waals surface area contributed by atoms with Crippen LogP contribution < -0.4 is 11.1 Å². The van der Waals surface area contributed by atoms with Crippen LogP contribution in [0.15, 0.2) is 46.4 Å². The zero-order chi connectivity index (χ0) is 21.8. The van der Waals surface area contributed by atoms with Crippen molar-refractivity contribution in [3.63, 3.8) is 0 Å². The summed E-state index contributed by atoms with van der Waals surface area (Å²) in [6.07, 6.45) is 1.30. The number of nitrogens with one attached hydrogen (secondary N) is 1. The largest absolute Gasteiger partial charge is 0.469 e. The van der Waals surface area contributed by atoms with Crippen molar-refractivity contribution < 1.29 is 23.2 Å². The molecule has 156 valence electrons. The number of hydrogen-bond donors (Lipinski definition) is 2. The molecule has 2 heterocycles. The molecule has 3 N–H and O–H groups in total. The van der Waals surface area contributed by atoms with Gasteiger partial charge in [-0.3, -0.25) is 19.7 Å². The van der Waals surface area contributed by atoms with Crippen LogP contribution in [0, 0.1) is 12.7 Å². The molecule has 0 bridgehead atoms. The van der Waals surface area contributed by atoms with Gasteiger partial charge < -0.3 is 15.1 Å². The lowest BCUT2D eigenvalue weighted by Gasteiger charge is -2.26. The summed E-state index contributed by atoms with van der Waals surface area (Å²) in [5.74, 6) is -1.64. The van der Waals surface area contributed by atoms with Crippen LogP contribution in [0.5, 0.6) is 0 Å². The number of carbonyl (C=O) groups excluding carboxylic acids is 3. The zero-order valence-electron chi connectivity index (χ0n) is 16.2. The summed E-state index contributed by atoms with van der Waals surface area (Å²) in [7, 11) is 1.42. The van der Waals surface area contributed by atoms with Crippen LogP contribution in [0.3, 0.4) is 0 Å². The molecule has 3 amide bonds. The summed E-state index contributed by atoms with van der Waals surface area (Å²) in [5, 5.41) is 4.60. The van der Waals surface area contributed by atoms with E-state index < -0.39 is 23.7 Å². The molecule has 3 rings (SSSR count). The highest BCUT2D eigenvalue weighted by Crippen LogP contribution is 2.23. The molecule has 0 saturated heterocycles. The molecule has 1 atom stereocenters. The standard InChI is InChI=1S/C20H19FN4O4S/c1-11-15(6-7-29-11)19(28)24-20-23-14(10-30-20)9-16(26)25(2)17(18(22)27)12-4-3-5-13(21)8-12/h3-8,10,17H,9H2,1-2H3,(H2,22,27)(H,23,24,28). The molecule has 3 aromatic rings. The number of likely N-dealkylation sites (N-methyl/N-ethyl adjacent to an activating group) is 1. The van der Waals surface area contributed by atoms with Gasteiger partial charge in [-0.05, 0) is 30.7 Å². The summed E-state index contributed by atoms with van der Waals surface area (Å²) in [5.41, 5.74) is 6.53. The molecule has 0 radical (unpaired) electrons. The van der Waals surface area contributed by atoms with E-state index in [-0.39, 0.29) is 17.9 Å². The van der Waals surface area contributed by atoms with Crippen LogP contribution in [-0.2, 0) is 16.0 Å². The second-order valence-corrected chi connectivity index (χ2v) is 7.39. The van der Waals surface area contributed by atoms with E-state index in [1.165, 1.54) is 31.5 Å². The lowest BCUT2D eigenvalue weighted by Crippen LogP contribution is -2.40. The fourth-order valence-electron chi connectivity index (χ4n) is 2.91. The van der Waals surface area contributed by atoms with Crippen LogP contribution in [0.1, 0.15) is 33.4 Å². The number of nitrogens with two attached hydrogens (primary N) is 1. The maximum absolute atomic E-state index is 13.5. The van der Waals surface area contributed by atoms with E-state index in [0.29, 0.717) is 22.1 Å². The van der Waals surface area contributed by atoms with E-state index in [1.54, 1.807) is 18.4 Å². The number of thiazole rings is 1. The third-order valence-corrected chi connectivity index (χ3v) is 5.23. The predicted octanol–water partition coefficient (Wildman–Crippen LogP) is 2.66. The summed E-state index contributed by atoms with van der Waals surface area (Å²) >= 11 is 1.16. The molecule has 0 aliphatic rings. The molecule has 1 unspecified atom stereocenters. The van der Waals surface area contributed by atoms with Gasteiger partial charge in [0.15, 0.2) is 5.13 Å². The van der Waals surface area contributed by atoms with E-state index in [2.05, 4.69) is 10.3 Å². The minimum Gasteiger partial charge on any atom is -0.469 e. The molecule has 30 heavy (non-hydrogen) atoms. The van der Waals surface area contributed by atoms with Crippen molar-refractivity contribution in [2.45, 2.75) is 19.4 Å². The normalized spacial score (nSPS) is 11.7. The zero-order valence-corrected chi connectivity index (χ0v) is 17.0. The number of benzene rings is 1. The Morgan fingerprint density at radius 1 is 1.33 bits per heavy atom. The molecule has 0 saturated carbocycles. The van der Waals surface area contributed by atoms with Crippen molar-refractivity contribution >= 4 is 34.2 Å². The molecular formula is C20H19FN4O4S. The molecule has 8 nitrogen and oxygen atoms in total. The van der Waals surface area contributed by atoms with E-state index in [4.69, 9.17) is 10.2 Å². The average Bonchev–Trinajstić information content (AvgIpc) is 3.30. The van der Waals surface area contributed by atoms with Crippen molar-refractivity contribution in [1.82, 2.24) is 9.88 Å². The maximum atomic E-state index is 13.5. The average molecular weight is 430 g/mol. The maximum Gasteiger partial charge on any atom is 0.260 e. The summed E-state index contributed by atoms with van der Waals surface area (Å²) < 4.78 is 18.6. The SMILES string of the molecule is Cc1occc1C(=O)Nc1nc(CC(=O)N(C)C(C(N)=O)c2cccc(F)c2)cs1. The lowest BCUT2D eigenvalue weighted by molar-refractivity contribution is -0.137. The van der Waals surface area contributed by atoms with E-state index in [9.17, 15) is 18.8 Å². The highest BCUT2D eigenvalue weighted by Gasteiger charge is 2.27. The van der Waals surface area contributed by atoms with Crippen LogP contribution in [-0.4, -0.2) is 34.7 Å². The smallest absolute Gasteiger partial charge is 0.260 e. The van der Waals surface area contributed by atoms with Gasteiger partial charge >= 0.3 is 0 Å². The summed E-state index contributed by atoms with van der Waals surface area (Å²) in [6.45, 7) is 1.67. The van der Waals surface area contributed by atoms with Gasteiger partial charge in [-0.25, -0.2) is 9.37 Å². The van der Waals surface area contributed by atoms with Crippen molar-refractivity contribution in [2.24, 2.45) is 5.73 Å². The van der Waals surface area contributed by atoms with Crippen LogP contribution in [0.25, 0.3) is 0 Å². The van der Waals surface area contributed by atoms with E-state index in [1.807, 2.05) is 0 Å². The number of anilines is 1. The van der Waals surface area contributed by atoms with Gasteiger partial charge in [-0.15, -0.1) is 11.3 Å². The Morgan fingerprint density at radius 2 is 2.10 bits per heavy atom. The first-order valence-electron chi connectivity index (χ1n) is 8.86. The topological polar surface area (TPSA) is 119 Å². The third kappa shape index (κ3) is 4.71. The minimum atomic E-state index is -1.12. The number of furan rings is 1. The molecule has 0 aliphatic heterocycles. The van der Waals surface area contributed by atoms with Crippen molar-refractivity contribution in [2.75, 3.05) is 12.4 Å². The van der Waals surface area contributed by atoms with Crippen LogP contribution >= 0.6 is 11.3 Å². The van der Waals surface area contributed by atoms with Gasteiger partial charge in [-0.2, -0.15) is 0 Å². The number of amides is 3. The predicted molar refractivity (Wildman–Crippen MR) is 108 cm³/mol. The van der Waals surface area contributed by atoms with Crippen molar-refractivity contribution in [1.29, 1.82) is 0 Å². The quantitative estimate of drug-likeness (QED) is 0.597. The first kappa shape index (κ1) is 21.2. The van der Waals surface area contributed by atoms with Gasteiger partial charge in [0.1, 0.15) is 17.6 Å². The van der Waals surface area contributed by atoms with Gasteiger partial charge in [0.2, 0.25) is 11.8 Å². The molecule has 1 aromatic carbocycles. The lowest BCUT2D eigenvalue weighted by atomic mass is 10.0. The third-order valence-electron chi connectivity index (χ3n) is 4.42. The van der Waals surface area contributed by atoms with Crippen LogP contribution in [0.4, 0.5) is 9.52 Å². The first-order valence-corrected chi connectivity index (χ1v) is 9.74. The molecule has 0 aliphatic carbocycles. The number of aryl methyl sites for hydroxylation is 1. The number of hydrogen-bond acceptors (Lipinski definition) is 6. The number of nitrogens with zero attached hydrogens (tertiary/aromatic N) is 2. The Morgan fingerprint density at radius 3 is 2.73 bits per heavy atom. The number of halogens is 1. The number of aromatic nitrogens is 1. The number of rotatable bonds is 7. The van der Waals surface area contributed by atoms with Crippen molar-refractivity contribution in [3.05, 3.63) is 70.4 Å². The van der Waals surface area contributed by atoms with Gasteiger partial charge in [0.05, 0.1) is 23.9 Å². The minimum absolute atomic E-state index is 0.118. The molecule has 0 fully saturated rings. The number of carbonyl (C=O) groups is 3. The Bertz CT molecular complexity index is 1090. The second kappa shape index (κ2) is 8.87. The van der Waals surface area contributed by atoms with E-state index >= 15 is 0 Å². The van der Waals surface area contributed by atoms with Gasteiger partial charge in [0, 0.05) is 12.4 Å². The molecule has 2 aromatic heterocycles. The summed E-state index contributed by atoms with van der Waals surface area (Å²) in [6, 6.07) is 5.79. The number of primary amides is 1. The second-order valence-electron chi connectivity index (χ2n) is 6.53. The highest BCUT2D eigenvalue weighted by molar-refractivity contribution is 7.14. The Balaban J connectivity index is 1.68.